The van der Waals surface area contributed by atoms with Crippen LogP contribution in [0.5, 0.6) is 0 Å². The van der Waals surface area contributed by atoms with Crippen LogP contribution in [-0.2, 0) is 0 Å². The van der Waals surface area contributed by atoms with Crippen molar-refractivity contribution in [1.29, 1.82) is 0 Å². The van der Waals surface area contributed by atoms with Crippen LogP contribution in [0, 0.1) is 0 Å². The number of rotatable bonds is 4. The molecule has 4 rings (SSSR count). The lowest BCUT2D eigenvalue weighted by molar-refractivity contribution is 0.734. The van der Waals surface area contributed by atoms with Crippen molar-refractivity contribution >= 4 is 10.8 Å². The Morgan fingerprint density at radius 2 is 1.23 bits per heavy atom. The molecule has 0 aromatic heterocycles. The minimum absolute atomic E-state index is 0.609. The molecule has 0 heteroatoms. The monoisotopic (exact) mass is 336 g/mol. The molecule has 0 saturated carbocycles. The first-order valence-corrected chi connectivity index (χ1v) is 9.45. The van der Waals surface area contributed by atoms with Gasteiger partial charge in [-0.05, 0) is 50.9 Å². The predicted molar refractivity (Wildman–Crippen MR) is 114 cm³/mol. The summed E-state index contributed by atoms with van der Waals surface area (Å²) in [5.41, 5.74) is 6.57. The Hall–Kier alpha value is -2.86. The molecule has 0 aliphatic heterocycles. The molecule has 4 aromatic rings. The van der Waals surface area contributed by atoms with Gasteiger partial charge >= 0.3 is 0 Å². The van der Waals surface area contributed by atoms with Gasteiger partial charge in [-0.1, -0.05) is 105 Å². The lowest BCUT2D eigenvalue weighted by Crippen LogP contribution is -1.91. The summed E-state index contributed by atoms with van der Waals surface area (Å²) in [5, 5.41) is 2.59. The number of benzene rings is 4. The summed E-state index contributed by atoms with van der Waals surface area (Å²) >= 11 is 0. The van der Waals surface area contributed by atoms with Crippen molar-refractivity contribution in [3.8, 4) is 22.3 Å². The number of fused-ring (bicyclic) bond motifs is 1. The van der Waals surface area contributed by atoms with E-state index in [0.717, 1.165) is 0 Å². The topological polar surface area (TPSA) is 0 Å². The number of hydrogen-bond acceptors (Lipinski definition) is 0. The van der Waals surface area contributed by atoms with E-state index < -0.39 is 0 Å². The normalized spacial score (nSPS) is 12.2. The van der Waals surface area contributed by atoms with E-state index in [1.54, 1.807) is 0 Å². The molecule has 0 bridgehead atoms. The molecule has 1 unspecified atom stereocenters. The fourth-order valence-corrected chi connectivity index (χ4v) is 3.66. The van der Waals surface area contributed by atoms with Gasteiger partial charge in [0.2, 0.25) is 0 Å². The Labute approximate surface area is 156 Å². The molecule has 0 fully saturated rings. The van der Waals surface area contributed by atoms with E-state index in [-0.39, 0.29) is 0 Å². The molecule has 0 nitrogen and oxygen atoms in total. The molecule has 0 radical (unpaired) electrons. The number of hydrogen-bond donors (Lipinski definition) is 0. The standard InChI is InChI=1S/C26H24/c1-3-19(2)20-15-17-22(18-16-20)24-12-6-7-13-25(24)26-14-8-10-21-9-4-5-11-23(21)26/h4-19H,3H2,1-2H3. The Morgan fingerprint density at radius 1 is 0.615 bits per heavy atom. The van der Waals surface area contributed by atoms with E-state index in [0.29, 0.717) is 5.92 Å². The van der Waals surface area contributed by atoms with Gasteiger partial charge in [-0.2, -0.15) is 0 Å². The van der Waals surface area contributed by atoms with Crippen LogP contribution in [0.3, 0.4) is 0 Å². The first kappa shape index (κ1) is 16.6. The molecule has 0 aliphatic rings. The van der Waals surface area contributed by atoms with Crippen molar-refractivity contribution in [3.05, 3.63) is 96.6 Å². The molecule has 4 aromatic carbocycles. The fraction of sp³-hybridized carbons (Fsp3) is 0.154. The van der Waals surface area contributed by atoms with Gasteiger partial charge in [0.1, 0.15) is 0 Å². The van der Waals surface area contributed by atoms with Gasteiger partial charge in [-0.15, -0.1) is 0 Å². The van der Waals surface area contributed by atoms with Gasteiger partial charge in [0.15, 0.2) is 0 Å². The maximum Gasteiger partial charge on any atom is -0.00992 e. The molecule has 0 heterocycles. The van der Waals surface area contributed by atoms with Crippen LogP contribution in [0.15, 0.2) is 91.0 Å². The first-order chi connectivity index (χ1) is 12.8. The maximum atomic E-state index is 2.29. The Kier molecular flexibility index (Phi) is 4.58. The van der Waals surface area contributed by atoms with Crippen LogP contribution in [-0.4, -0.2) is 0 Å². The summed E-state index contributed by atoms with van der Waals surface area (Å²) in [6.07, 6.45) is 1.17. The molecule has 1 atom stereocenters. The summed E-state index contributed by atoms with van der Waals surface area (Å²) in [7, 11) is 0. The van der Waals surface area contributed by atoms with Crippen molar-refractivity contribution in [2.24, 2.45) is 0 Å². The molecule has 0 aliphatic carbocycles. The van der Waals surface area contributed by atoms with Crippen LogP contribution < -0.4 is 0 Å². The van der Waals surface area contributed by atoms with Gasteiger partial charge < -0.3 is 0 Å². The Bertz CT molecular complexity index is 1020. The second kappa shape index (κ2) is 7.17. The third-order valence-electron chi connectivity index (χ3n) is 5.41. The summed E-state index contributed by atoms with van der Waals surface area (Å²) in [4.78, 5) is 0. The van der Waals surface area contributed by atoms with Crippen LogP contribution in [0.25, 0.3) is 33.0 Å². The van der Waals surface area contributed by atoms with Gasteiger partial charge in [0, 0.05) is 0 Å². The SMILES string of the molecule is CCC(C)c1ccc(-c2ccccc2-c2cccc3ccccc23)cc1. The van der Waals surface area contributed by atoms with Gasteiger partial charge in [0.05, 0.1) is 0 Å². The zero-order chi connectivity index (χ0) is 17.9. The van der Waals surface area contributed by atoms with Crippen LogP contribution in [0.2, 0.25) is 0 Å². The van der Waals surface area contributed by atoms with Gasteiger partial charge in [0.25, 0.3) is 0 Å². The third kappa shape index (κ3) is 3.04. The zero-order valence-corrected chi connectivity index (χ0v) is 15.4. The first-order valence-electron chi connectivity index (χ1n) is 9.45. The Morgan fingerprint density at radius 3 is 2.00 bits per heavy atom. The van der Waals surface area contributed by atoms with Crippen molar-refractivity contribution in [1.82, 2.24) is 0 Å². The summed E-state index contributed by atoms with van der Waals surface area (Å²) < 4.78 is 0. The minimum atomic E-state index is 0.609. The molecular formula is C26H24. The molecule has 0 amide bonds. The predicted octanol–water partition coefficient (Wildman–Crippen LogP) is 7.69. The van der Waals surface area contributed by atoms with Crippen LogP contribution >= 0.6 is 0 Å². The van der Waals surface area contributed by atoms with Gasteiger partial charge in [-0.25, -0.2) is 0 Å². The largest absolute Gasteiger partial charge is 0.0648 e. The molecule has 0 saturated heterocycles. The highest BCUT2D eigenvalue weighted by atomic mass is 14.1. The van der Waals surface area contributed by atoms with Crippen molar-refractivity contribution in [3.63, 3.8) is 0 Å². The fourth-order valence-electron chi connectivity index (χ4n) is 3.66. The highest BCUT2D eigenvalue weighted by Crippen LogP contribution is 2.36. The van der Waals surface area contributed by atoms with E-state index >= 15 is 0 Å². The van der Waals surface area contributed by atoms with E-state index in [1.807, 2.05) is 0 Å². The van der Waals surface area contributed by atoms with E-state index in [9.17, 15) is 0 Å². The summed E-state index contributed by atoms with van der Waals surface area (Å²) in [5.74, 6) is 0.609. The summed E-state index contributed by atoms with van der Waals surface area (Å²) in [6, 6.07) is 33.0. The molecule has 0 N–H and O–H groups in total. The second-order valence-electron chi connectivity index (χ2n) is 7.00. The van der Waals surface area contributed by atoms with E-state index in [2.05, 4.69) is 105 Å². The smallest absolute Gasteiger partial charge is 0.00992 e. The van der Waals surface area contributed by atoms with Crippen LogP contribution in [0.4, 0.5) is 0 Å². The summed E-state index contributed by atoms with van der Waals surface area (Å²) in [6.45, 7) is 4.54. The zero-order valence-electron chi connectivity index (χ0n) is 15.4. The lowest BCUT2D eigenvalue weighted by Gasteiger charge is -2.14. The lowest BCUT2D eigenvalue weighted by atomic mass is 9.90. The molecule has 26 heavy (non-hydrogen) atoms. The average Bonchev–Trinajstić information content (AvgIpc) is 2.73. The van der Waals surface area contributed by atoms with E-state index in [1.165, 1.54) is 45.0 Å². The molecule has 128 valence electrons. The van der Waals surface area contributed by atoms with Crippen molar-refractivity contribution in [2.45, 2.75) is 26.2 Å². The molecule has 0 spiro atoms. The molecular weight excluding hydrogens is 312 g/mol. The Balaban J connectivity index is 1.85. The van der Waals surface area contributed by atoms with Crippen molar-refractivity contribution < 1.29 is 0 Å². The third-order valence-corrected chi connectivity index (χ3v) is 5.41. The highest BCUT2D eigenvalue weighted by Gasteiger charge is 2.10. The van der Waals surface area contributed by atoms with Crippen LogP contribution in [0.1, 0.15) is 31.7 Å². The second-order valence-corrected chi connectivity index (χ2v) is 7.00. The minimum Gasteiger partial charge on any atom is -0.0648 e. The maximum absolute atomic E-state index is 2.29. The van der Waals surface area contributed by atoms with Crippen molar-refractivity contribution in [2.75, 3.05) is 0 Å². The highest BCUT2D eigenvalue weighted by molar-refractivity contribution is 6.00. The van der Waals surface area contributed by atoms with E-state index in [4.69, 9.17) is 0 Å². The van der Waals surface area contributed by atoms with Gasteiger partial charge in [-0.3, -0.25) is 0 Å². The quantitative estimate of drug-likeness (QED) is 0.358. The average molecular weight is 336 g/mol.